The fourth-order valence-electron chi connectivity index (χ4n) is 1.41. The number of carbonyl (C=O) groups excluding carboxylic acids is 2. The van der Waals surface area contributed by atoms with Crippen LogP contribution >= 0.6 is 0 Å². The summed E-state index contributed by atoms with van der Waals surface area (Å²) in [6.07, 6.45) is -4.30. The number of rotatable bonds is 1. The SMILES string of the molecule is CC(C)(C)OC(=O)N1CC=C(OC(=O)C(F)(F)F)CC1. The Hall–Kier alpha value is -1.73. The highest BCUT2D eigenvalue weighted by Gasteiger charge is 2.42. The van der Waals surface area contributed by atoms with Crippen molar-refractivity contribution in [2.75, 3.05) is 13.1 Å². The molecule has 0 bridgehead atoms. The van der Waals surface area contributed by atoms with E-state index in [2.05, 4.69) is 4.74 Å². The molecule has 114 valence electrons. The first-order valence-corrected chi connectivity index (χ1v) is 5.95. The topological polar surface area (TPSA) is 55.8 Å². The van der Waals surface area contributed by atoms with Crippen LogP contribution in [-0.4, -0.2) is 41.8 Å². The Morgan fingerprint density at radius 1 is 1.25 bits per heavy atom. The molecule has 0 aromatic rings. The van der Waals surface area contributed by atoms with E-state index in [1.54, 1.807) is 20.8 Å². The third-order valence-electron chi connectivity index (χ3n) is 2.27. The summed E-state index contributed by atoms with van der Waals surface area (Å²) in [6, 6.07) is 0. The lowest BCUT2D eigenvalue weighted by molar-refractivity contribution is -0.195. The van der Waals surface area contributed by atoms with Gasteiger partial charge in [0.2, 0.25) is 0 Å². The molecule has 0 saturated heterocycles. The number of ether oxygens (including phenoxy) is 2. The maximum Gasteiger partial charge on any atom is 0.491 e. The molecule has 0 aromatic heterocycles. The van der Waals surface area contributed by atoms with Gasteiger partial charge in [-0.25, -0.2) is 9.59 Å². The number of halogens is 3. The summed E-state index contributed by atoms with van der Waals surface area (Å²) in [5.74, 6) is -2.35. The number of hydrogen-bond acceptors (Lipinski definition) is 4. The summed E-state index contributed by atoms with van der Waals surface area (Å²) in [5.41, 5.74) is -0.649. The summed E-state index contributed by atoms with van der Waals surface area (Å²) in [6.45, 7) is 5.30. The molecule has 8 heteroatoms. The van der Waals surface area contributed by atoms with Gasteiger partial charge in [-0.2, -0.15) is 13.2 Å². The zero-order valence-electron chi connectivity index (χ0n) is 11.4. The van der Waals surface area contributed by atoms with Crippen LogP contribution in [0, 0.1) is 0 Å². The fraction of sp³-hybridized carbons (Fsp3) is 0.667. The van der Waals surface area contributed by atoms with E-state index < -0.39 is 23.8 Å². The summed E-state index contributed by atoms with van der Waals surface area (Å²) in [5, 5.41) is 0. The van der Waals surface area contributed by atoms with Gasteiger partial charge in [-0.15, -0.1) is 0 Å². The number of alkyl halides is 3. The minimum Gasteiger partial charge on any atom is -0.444 e. The van der Waals surface area contributed by atoms with Crippen LogP contribution in [0.2, 0.25) is 0 Å². The van der Waals surface area contributed by atoms with Crippen LogP contribution in [-0.2, 0) is 14.3 Å². The van der Waals surface area contributed by atoms with Crippen molar-refractivity contribution in [3.05, 3.63) is 11.8 Å². The van der Waals surface area contributed by atoms with Crippen LogP contribution in [0.4, 0.5) is 18.0 Å². The molecular weight excluding hydrogens is 279 g/mol. The number of hydrogen-bond donors (Lipinski definition) is 0. The number of esters is 1. The first-order valence-electron chi connectivity index (χ1n) is 5.95. The molecule has 0 aromatic carbocycles. The standard InChI is InChI=1S/C12H16F3NO4/c1-11(2,3)20-10(18)16-6-4-8(5-7-16)19-9(17)12(13,14)15/h4H,5-7H2,1-3H3. The summed E-state index contributed by atoms with van der Waals surface area (Å²) < 4.78 is 45.3. The van der Waals surface area contributed by atoms with E-state index in [1.807, 2.05) is 0 Å². The van der Waals surface area contributed by atoms with Crippen molar-refractivity contribution in [3.8, 4) is 0 Å². The van der Waals surface area contributed by atoms with Gasteiger partial charge >= 0.3 is 18.2 Å². The highest BCUT2D eigenvalue weighted by atomic mass is 19.4. The molecule has 0 spiro atoms. The fourth-order valence-corrected chi connectivity index (χ4v) is 1.41. The van der Waals surface area contributed by atoms with Crippen molar-refractivity contribution in [3.63, 3.8) is 0 Å². The average Bonchev–Trinajstić information content (AvgIpc) is 2.26. The van der Waals surface area contributed by atoms with Crippen LogP contribution in [0.1, 0.15) is 27.2 Å². The Morgan fingerprint density at radius 2 is 1.85 bits per heavy atom. The predicted octanol–water partition coefficient (Wildman–Crippen LogP) is 2.62. The van der Waals surface area contributed by atoms with Crippen molar-refractivity contribution in [1.82, 2.24) is 4.90 Å². The largest absolute Gasteiger partial charge is 0.491 e. The van der Waals surface area contributed by atoms with E-state index in [1.165, 1.54) is 11.0 Å². The number of nitrogens with zero attached hydrogens (tertiary/aromatic N) is 1. The highest BCUT2D eigenvalue weighted by Crippen LogP contribution is 2.21. The number of carbonyl (C=O) groups is 2. The number of amides is 1. The van der Waals surface area contributed by atoms with Gasteiger partial charge in [0.1, 0.15) is 11.4 Å². The molecule has 0 unspecified atom stereocenters. The second-order valence-corrected chi connectivity index (χ2v) is 5.23. The van der Waals surface area contributed by atoms with E-state index in [4.69, 9.17) is 4.74 Å². The minimum atomic E-state index is -5.02. The minimum absolute atomic E-state index is 0.0288. The van der Waals surface area contributed by atoms with E-state index in [9.17, 15) is 22.8 Å². The smallest absolute Gasteiger partial charge is 0.444 e. The summed E-state index contributed by atoms with van der Waals surface area (Å²) in [4.78, 5) is 23.6. The Kier molecular flexibility index (Phi) is 4.67. The third-order valence-corrected chi connectivity index (χ3v) is 2.27. The molecule has 1 rings (SSSR count). The van der Waals surface area contributed by atoms with Crippen LogP contribution in [0.25, 0.3) is 0 Å². The summed E-state index contributed by atoms with van der Waals surface area (Å²) in [7, 11) is 0. The average molecular weight is 295 g/mol. The Balaban J connectivity index is 2.53. The first kappa shape index (κ1) is 16.3. The lowest BCUT2D eigenvalue weighted by Gasteiger charge is -2.29. The predicted molar refractivity (Wildman–Crippen MR) is 62.7 cm³/mol. The van der Waals surface area contributed by atoms with Gasteiger partial charge in [-0.3, -0.25) is 0 Å². The van der Waals surface area contributed by atoms with E-state index in [0.29, 0.717) is 0 Å². The molecule has 1 amide bonds. The van der Waals surface area contributed by atoms with Crippen molar-refractivity contribution in [1.29, 1.82) is 0 Å². The van der Waals surface area contributed by atoms with Gasteiger partial charge in [-0.1, -0.05) is 0 Å². The molecule has 0 saturated carbocycles. The maximum atomic E-state index is 12.0. The van der Waals surface area contributed by atoms with Crippen LogP contribution < -0.4 is 0 Å². The Bertz CT molecular complexity index is 423. The van der Waals surface area contributed by atoms with Gasteiger partial charge in [-0.05, 0) is 26.8 Å². The van der Waals surface area contributed by atoms with E-state index in [-0.39, 0.29) is 25.3 Å². The van der Waals surface area contributed by atoms with Crippen molar-refractivity contribution in [2.45, 2.75) is 39.0 Å². The van der Waals surface area contributed by atoms with Gasteiger partial charge in [0.25, 0.3) is 0 Å². The zero-order valence-corrected chi connectivity index (χ0v) is 11.4. The molecule has 5 nitrogen and oxygen atoms in total. The molecule has 20 heavy (non-hydrogen) atoms. The first-order chi connectivity index (χ1) is 8.99. The monoisotopic (exact) mass is 295 g/mol. The zero-order chi connectivity index (χ0) is 15.6. The second kappa shape index (κ2) is 5.72. The molecule has 1 aliphatic heterocycles. The Labute approximate surface area is 114 Å². The van der Waals surface area contributed by atoms with Crippen molar-refractivity contribution in [2.24, 2.45) is 0 Å². The third kappa shape index (κ3) is 5.10. The molecule has 0 radical (unpaired) electrons. The van der Waals surface area contributed by atoms with Crippen LogP contribution in [0.3, 0.4) is 0 Å². The van der Waals surface area contributed by atoms with Crippen LogP contribution in [0.5, 0.6) is 0 Å². The normalized spacial score (nSPS) is 16.5. The summed E-state index contributed by atoms with van der Waals surface area (Å²) >= 11 is 0. The molecule has 0 fully saturated rings. The van der Waals surface area contributed by atoms with Gasteiger partial charge in [0.05, 0.1) is 0 Å². The lowest BCUT2D eigenvalue weighted by atomic mass is 10.2. The van der Waals surface area contributed by atoms with Crippen molar-refractivity contribution < 1.29 is 32.2 Å². The molecule has 1 heterocycles. The van der Waals surface area contributed by atoms with Crippen molar-refractivity contribution >= 4 is 12.1 Å². The molecule has 1 aliphatic rings. The maximum absolute atomic E-state index is 12.0. The molecule has 0 N–H and O–H groups in total. The van der Waals surface area contributed by atoms with Gasteiger partial charge < -0.3 is 14.4 Å². The Morgan fingerprint density at radius 3 is 2.25 bits per heavy atom. The quantitative estimate of drug-likeness (QED) is 0.698. The molecule has 0 atom stereocenters. The molecular formula is C12H16F3NO4. The second-order valence-electron chi connectivity index (χ2n) is 5.23. The van der Waals surface area contributed by atoms with Gasteiger partial charge in [0.15, 0.2) is 0 Å². The molecule has 0 aliphatic carbocycles. The van der Waals surface area contributed by atoms with Crippen LogP contribution in [0.15, 0.2) is 11.8 Å². The van der Waals surface area contributed by atoms with E-state index >= 15 is 0 Å². The van der Waals surface area contributed by atoms with E-state index in [0.717, 1.165) is 0 Å². The van der Waals surface area contributed by atoms with Gasteiger partial charge in [0, 0.05) is 19.5 Å². The highest BCUT2D eigenvalue weighted by molar-refractivity contribution is 5.76. The lowest BCUT2D eigenvalue weighted by Crippen LogP contribution is -2.39.